The molecule has 0 rings (SSSR count). The van der Waals surface area contributed by atoms with E-state index in [1.165, 1.54) is 7.11 Å². The zero-order valence-electron chi connectivity index (χ0n) is 10.6. The predicted octanol–water partition coefficient (Wildman–Crippen LogP) is 0.869. The van der Waals surface area contributed by atoms with Gasteiger partial charge in [0, 0.05) is 0 Å². The molecule has 0 saturated carbocycles. The first-order valence-corrected chi connectivity index (χ1v) is 5.33. The standard InChI is InChI=1S/C11H21NO4/c1-6-8(10(14)15-5)12-7-9(13)16-11(2,3)4/h8,12H,6-7H2,1-5H3/t8-/m1/s1. The summed E-state index contributed by atoms with van der Waals surface area (Å²) in [7, 11) is 1.32. The van der Waals surface area contributed by atoms with Crippen molar-refractivity contribution in [3.63, 3.8) is 0 Å². The second-order valence-electron chi connectivity index (χ2n) is 4.45. The van der Waals surface area contributed by atoms with E-state index >= 15 is 0 Å². The highest BCUT2D eigenvalue weighted by molar-refractivity contribution is 5.77. The summed E-state index contributed by atoms with van der Waals surface area (Å²) in [6.45, 7) is 7.22. The molecule has 0 spiro atoms. The first kappa shape index (κ1) is 14.9. The third kappa shape index (κ3) is 6.40. The summed E-state index contributed by atoms with van der Waals surface area (Å²) in [5.74, 6) is -0.749. The molecule has 5 nitrogen and oxygen atoms in total. The summed E-state index contributed by atoms with van der Waals surface area (Å²) < 4.78 is 9.68. The maximum absolute atomic E-state index is 11.4. The fraction of sp³-hybridized carbons (Fsp3) is 0.818. The highest BCUT2D eigenvalue weighted by Gasteiger charge is 2.20. The van der Waals surface area contributed by atoms with Gasteiger partial charge < -0.3 is 9.47 Å². The molecule has 1 atom stereocenters. The van der Waals surface area contributed by atoms with Crippen molar-refractivity contribution in [3.8, 4) is 0 Å². The first-order valence-electron chi connectivity index (χ1n) is 5.33. The molecule has 0 aliphatic heterocycles. The molecule has 94 valence electrons. The number of carbonyl (C=O) groups excluding carboxylic acids is 2. The van der Waals surface area contributed by atoms with E-state index in [1.54, 1.807) is 20.8 Å². The number of carbonyl (C=O) groups is 2. The van der Waals surface area contributed by atoms with Crippen LogP contribution in [-0.2, 0) is 19.1 Å². The minimum absolute atomic E-state index is 0.00484. The Kier molecular flexibility index (Phi) is 6.03. The molecule has 0 aliphatic rings. The Morgan fingerprint density at radius 2 is 1.88 bits per heavy atom. The lowest BCUT2D eigenvalue weighted by atomic mass is 10.2. The molecule has 0 aromatic carbocycles. The third-order valence-corrected chi connectivity index (χ3v) is 1.81. The zero-order chi connectivity index (χ0) is 12.8. The molecule has 0 amide bonds. The van der Waals surface area contributed by atoms with Crippen LogP contribution in [0.5, 0.6) is 0 Å². The second-order valence-corrected chi connectivity index (χ2v) is 4.45. The molecule has 0 aromatic heterocycles. The molecule has 0 aliphatic carbocycles. The lowest BCUT2D eigenvalue weighted by molar-refractivity contribution is -0.154. The van der Waals surface area contributed by atoms with Crippen molar-refractivity contribution in [2.45, 2.75) is 45.8 Å². The Morgan fingerprint density at radius 3 is 2.25 bits per heavy atom. The normalized spacial score (nSPS) is 13.1. The zero-order valence-corrected chi connectivity index (χ0v) is 10.6. The Labute approximate surface area is 96.5 Å². The number of ether oxygens (including phenoxy) is 2. The fourth-order valence-electron chi connectivity index (χ4n) is 1.12. The van der Waals surface area contributed by atoms with Crippen molar-refractivity contribution < 1.29 is 19.1 Å². The van der Waals surface area contributed by atoms with Gasteiger partial charge in [0.15, 0.2) is 0 Å². The van der Waals surface area contributed by atoms with E-state index in [9.17, 15) is 9.59 Å². The summed E-state index contributed by atoms with van der Waals surface area (Å²) in [6, 6.07) is -0.461. The summed E-state index contributed by atoms with van der Waals surface area (Å²) in [5, 5.41) is 2.79. The molecule has 0 heterocycles. The van der Waals surface area contributed by atoms with Gasteiger partial charge >= 0.3 is 11.9 Å². The third-order valence-electron chi connectivity index (χ3n) is 1.81. The molecule has 1 N–H and O–H groups in total. The molecule has 0 unspecified atom stereocenters. The van der Waals surface area contributed by atoms with Crippen LogP contribution >= 0.6 is 0 Å². The van der Waals surface area contributed by atoms with Gasteiger partial charge in [0.05, 0.1) is 13.7 Å². The molecular weight excluding hydrogens is 210 g/mol. The number of nitrogens with one attached hydrogen (secondary N) is 1. The van der Waals surface area contributed by atoms with E-state index in [-0.39, 0.29) is 18.5 Å². The maximum atomic E-state index is 11.4. The van der Waals surface area contributed by atoms with Gasteiger partial charge in [-0.3, -0.25) is 14.9 Å². The van der Waals surface area contributed by atoms with Gasteiger partial charge in [-0.15, -0.1) is 0 Å². The Bertz CT molecular complexity index is 245. The monoisotopic (exact) mass is 231 g/mol. The lowest BCUT2D eigenvalue weighted by Crippen LogP contribution is -2.41. The van der Waals surface area contributed by atoms with E-state index in [1.807, 2.05) is 6.92 Å². The minimum Gasteiger partial charge on any atom is -0.468 e. The van der Waals surface area contributed by atoms with Crippen LogP contribution in [0.3, 0.4) is 0 Å². The number of hydrogen-bond acceptors (Lipinski definition) is 5. The predicted molar refractivity (Wildman–Crippen MR) is 59.9 cm³/mol. The molecule has 5 heteroatoms. The SMILES string of the molecule is CC[C@@H](NCC(=O)OC(C)(C)C)C(=O)OC. The van der Waals surface area contributed by atoms with Gasteiger partial charge in [-0.1, -0.05) is 6.92 Å². The Balaban J connectivity index is 4.03. The van der Waals surface area contributed by atoms with Gasteiger partial charge in [-0.05, 0) is 27.2 Å². The summed E-state index contributed by atoms with van der Waals surface area (Å²) >= 11 is 0. The van der Waals surface area contributed by atoms with Crippen LogP contribution in [0.4, 0.5) is 0 Å². The van der Waals surface area contributed by atoms with E-state index in [2.05, 4.69) is 10.1 Å². The van der Waals surface area contributed by atoms with Crippen molar-refractivity contribution in [2.75, 3.05) is 13.7 Å². The van der Waals surface area contributed by atoms with Crippen LogP contribution in [0, 0.1) is 0 Å². The smallest absolute Gasteiger partial charge is 0.322 e. The van der Waals surface area contributed by atoms with Gasteiger partial charge in [0.2, 0.25) is 0 Å². The van der Waals surface area contributed by atoms with E-state index in [4.69, 9.17) is 4.74 Å². The first-order chi connectivity index (χ1) is 7.30. The molecule has 0 saturated heterocycles. The van der Waals surface area contributed by atoms with Crippen LogP contribution in [0.1, 0.15) is 34.1 Å². The topological polar surface area (TPSA) is 64.6 Å². The van der Waals surface area contributed by atoms with E-state index in [0.29, 0.717) is 6.42 Å². The molecular formula is C11H21NO4. The molecule has 0 fully saturated rings. The number of rotatable bonds is 5. The average molecular weight is 231 g/mol. The largest absolute Gasteiger partial charge is 0.468 e. The number of esters is 2. The van der Waals surface area contributed by atoms with Crippen LogP contribution < -0.4 is 5.32 Å². The summed E-state index contributed by atoms with van der Waals surface area (Å²) in [6.07, 6.45) is 0.565. The van der Waals surface area contributed by atoms with Gasteiger partial charge in [0.25, 0.3) is 0 Å². The quantitative estimate of drug-likeness (QED) is 0.711. The summed E-state index contributed by atoms with van der Waals surface area (Å²) in [5.41, 5.74) is -0.508. The average Bonchev–Trinajstić information content (AvgIpc) is 2.15. The van der Waals surface area contributed by atoms with Crippen LogP contribution in [0.25, 0.3) is 0 Å². The number of methoxy groups -OCH3 is 1. The van der Waals surface area contributed by atoms with Crippen molar-refractivity contribution in [3.05, 3.63) is 0 Å². The van der Waals surface area contributed by atoms with Crippen LogP contribution in [0.2, 0.25) is 0 Å². The van der Waals surface area contributed by atoms with Crippen molar-refractivity contribution in [1.29, 1.82) is 0 Å². The lowest BCUT2D eigenvalue weighted by Gasteiger charge is -2.20. The molecule has 0 radical (unpaired) electrons. The minimum atomic E-state index is -0.508. The van der Waals surface area contributed by atoms with Gasteiger partial charge in [0.1, 0.15) is 11.6 Å². The van der Waals surface area contributed by atoms with Crippen molar-refractivity contribution >= 4 is 11.9 Å². The van der Waals surface area contributed by atoms with Crippen LogP contribution in [0.15, 0.2) is 0 Å². The highest BCUT2D eigenvalue weighted by Crippen LogP contribution is 2.06. The van der Waals surface area contributed by atoms with Gasteiger partial charge in [-0.25, -0.2) is 0 Å². The fourth-order valence-corrected chi connectivity index (χ4v) is 1.12. The van der Waals surface area contributed by atoms with Gasteiger partial charge in [-0.2, -0.15) is 0 Å². The maximum Gasteiger partial charge on any atom is 0.322 e. The summed E-state index contributed by atoms with van der Waals surface area (Å²) in [4.78, 5) is 22.6. The number of hydrogen-bond donors (Lipinski definition) is 1. The van der Waals surface area contributed by atoms with Crippen molar-refractivity contribution in [2.24, 2.45) is 0 Å². The van der Waals surface area contributed by atoms with E-state index in [0.717, 1.165) is 0 Å². The second kappa shape index (κ2) is 6.48. The van der Waals surface area contributed by atoms with Crippen molar-refractivity contribution in [1.82, 2.24) is 5.32 Å². The Morgan fingerprint density at radius 1 is 1.31 bits per heavy atom. The van der Waals surface area contributed by atoms with Crippen LogP contribution in [-0.4, -0.2) is 37.2 Å². The highest BCUT2D eigenvalue weighted by atomic mass is 16.6. The molecule has 0 bridgehead atoms. The Hall–Kier alpha value is -1.10. The van der Waals surface area contributed by atoms with E-state index < -0.39 is 11.6 Å². The molecule has 16 heavy (non-hydrogen) atoms. The molecule has 0 aromatic rings.